The zero-order valence-corrected chi connectivity index (χ0v) is 9.56. The highest BCUT2D eigenvalue weighted by molar-refractivity contribution is 6.13. The van der Waals surface area contributed by atoms with Gasteiger partial charge in [-0.15, -0.1) is 0 Å². The molecule has 1 aliphatic rings. The second-order valence-electron chi connectivity index (χ2n) is 4.22. The van der Waals surface area contributed by atoms with Crippen molar-refractivity contribution >= 4 is 17.3 Å². The van der Waals surface area contributed by atoms with Crippen LogP contribution in [0.5, 0.6) is 0 Å². The van der Waals surface area contributed by atoms with Gasteiger partial charge in [0.25, 0.3) is 5.91 Å². The van der Waals surface area contributed by atoms with Crippen LogP contribution in [0, 0.1) is 5.82 Å². The van der Waals surface area contributed by atoms with Gasteiger partial charge in [-0.1, -0.05) is 24.3 Å². The van der Waals surface area contributed by atoms with Crippen molar-refractivity contribution in [2.45, 2.75) is 6.54 Å². The van der Waals surface area contributed by atoms with Crippen LogP contribution in [-0.2, 0) is 6.54 Å². The molecule has 4 heteroatoms. The second-order valence-corrected chi connectivity index (χ2v) is 4.22. The Morgan fingerprint density at radius 1 is 1.11 bits per heavy atom. The molecule has 2 aromatic carbocycles. The lowest BCUT2D eigenvalue weighted by atomic mass is 10.1. The Labute approximate surface area is 104 Å². The lowest BCUT2D eigenvalue weighted by molar-refractivity contribution is 0.0996. The van der Waals surface area contributed by atoms with Crippen molar-refractivity contribution in [3.63, 3.8) is 0 Å². The molecule has 0 saturated carbocycles. The summed E-state index contributed by atoms with van der Waals surface area (Å²) in [4.78, 5) is 13.7. The van der Waals surface area contributed by atoms with E-state index in [1.54, 1.807) is 30.3 Å². The Morgan fingerprint density at radius 2 is 1.89 bits per heavy atom. The molecule has 0 fully saturated rings. The number of rotatable bonds is 1. The van der Waals surface area contributed by atoms with Crippen molar-refractivity contribution < 1.29 is 9.18 Å². The minimum atomic E-state index is -0.405. The maximum absolute atomic E-state index is 13.7. The Morgan fingerprint density at radius 3 is 2.61 bits per heavy atom. The first-order valence-corrected chi connectivity index (χ1v) is 5.62. The maximum Gasteiger partial charge on any atom is 0.261 e. The lowest BCUT2D eigenvalue weighted by Gasteiger charge is -2.16. The first kappa shape index (κ1) is 10.8. The van der Waals surface area contributed by atoms with Crippen molar-refractivity contribution in [3.8, 4) is 0 Å². The number of hydrogen-bond donors (Lipinski definition) is 1. The average Bonchev–Trinajstić information content (AvgIpc) is 2.69. The number of benzene rings is 2. The van der Waals surface area contributed by atoms with Crippen LogP contribution in [0.1, 0.15) is 15.9 Å². The van der Waals surface area contributed by atoms with Gasteiger partial charge >= 0.3 is 0 Å². The molecule has 3 rings (SSSR count). The SMILES string of the molecule is Nc1cccc2c1C(=O)N(c1ccccc1F)C2. The number of hydrogen-bond acceptors (Lipinski definition) is 2. The number of carbonyl (C=O) groups is 1. The predicted octanol–water partition coefficient (Wildman–Crippen LogP) is 2.57. The molecular weight excluding hydrogens is 231 g/mol. The molecule has 3 nitrogen and oxygen atoms in total. The van der Waals surface area contributed by atoms with Crippen LogP contribution >= 0.6 is 0 Å². The number of para-hydroxylation sites is 1. The minimum absolute atomic E-state index is 0.242. The van der Waals surface area contributed by atoms with E-state index in [0.29, 0.717) is 17.8 Å². The summed E-state index contributed by atoms with van der Waals surface area (Å²) in [6.07, 6.45) is 0. The molecule has 0 aromatic heterocycles. The number of anilines is 2. The highest BCUT2D eigenvalue weighted by atomic mass is 19.1. The van der Waals surface area contributed by atoms with Crippen LogP contribution in [-0.4, -0.2) is 5.91 Å². The lowest BCUT2D eigenvalue weighted by Crippen LogP contribution is -2.24. The number of nitrogens with zero attached hydrogens (tertiary/aromatic N) is 1. The fourth-order valence-electron chi connectivity index (χ4n) is 2.25. The molecular formula is C14H11FN2O. The number of amides is 1. The van der Waals surface area contributed by atoms with E-state index in [2.05, 4.69) is 0 Å². The van der Waals surface area contributed by atoms with E-state index in [9.17, 15) is 9.18 Å². The zero-order valence-electron chi connectivity index (χ0n) is 9.56. The monoisotopic (exact) mass is 242 g/mol. The topological polar surface area (TPSA) is 46.3 Å². The molecule has 0 bridgehead atoms. The van der Waals surface area contributed by atoms with Crippen molar-refractivity contribution in [2.24, 2.45) is 0 Å². The molecule has 0 radical (unpaired) electrons. The molecule has 1 amide bonds. The minimum Gasteiger partial charge on any atom is -0.398 e. The molecule has 0 spiro atoms. The van der Waals surface area contributed by atoms with Crippen molar-refractivity contribution in [1.29, 1.82) is 0 Å². The molecule has 1 heterocycles. The quantitative estimate of drug-likeness (QED) is 0.781. The summed E-state index contributed by atoms with van der Waals surface area (Å²) in [6.45, 7) is 0.361. The summed E-state index contributed by atoms with van der Waals surface area (Å²) in [5, 5.41) is 0. The van der Waals surface area contributed by atoms with E-state index in [1.807, 2.05) is 6.07 Å². The first-order chi connectivity index (χ1) is 8.68. The third-order valence-electron chi connectivity index (χ3n) is 3.11. The van der Waals surface area contributed by atoms with Crippen molar-refractivity contribution in [3.05, 3.63) is 59.4 Å². The first-order valence-electron chi connectivity index (χ1n) is 5.62. The average molecular weight is 242 g/mol. The fraction of sp³-hybridized carbons (Fsp3) is 0.0714. The summed E-state index contributed by atoms with van der Waals surface area (Å²) >= 11 is 0. The number of nitrogen functional groups attached to an aromatic ring is 1. The molecule has 0 aliphatic carbocycles. The molecule has 0 saturated heterocycles. The summed E-state index contributed by atoms with van der Waals surface area (Å²) in [7, 11) is 0. The summed E-state index contributed by atoms with van der Waals surface area (Å²) in [6, 6.07) is 11.6. The normalized spacial score (nSPS) is 13.8. The van der Waals surface area contributed by atoms with Gasteiger partial charge in [0.05, 0.1) is 17.8 Å². The van der Waals surface area contributed by atoms with Gasteiger partial charge in [0.2, 0.25) is 0 Å². The second kappa shape index (κ2) is 3.84. The van der Waals surface area contributed by atoms with Crippen LogP contribution < -0.4 is 10.6 Å². The van der Waals surface area contributed by atoms with Gasteiger partial charge in [-0.3, -0.25) is 4.79 Å². The summed E-state index contributed by atoms with van der Waals surface area (Å²) in [5.41, 5.74) is 7.85. The number of fused-ring (bicyclic) bond motifs is 1. The fourth-order valence-corrected chi connectivity index (χ4v) is 2.25. The molecule has 18 heavy (non-hydrogen) atoms. The third-order valence-corrected chi connectivity index (χ3v) is 3.11. The van der Waals surface area contributed by atoms with Crippen LogP contribution in [0.25, 0.3) is 0 Å². The van der Waals surface area contributed by atoms with Crippen molar-refractivity contribution in [2.75, 3.05) is 10.6 Å². The van der Waals surface area contributed by atoms with E-state index in [1.165, 1.54) is 11.0 Å². The number of halogens is 1. The Bertz CT molecular complexity index is 639. The molecule has 0 unspecified atom stereocenters. The van der Waals surface area contributed by atoms with E-state index in [-0.39, 0.29) is 11.6 Å². The Balaban J connectivity index is 2.08. The van der Waals surface area contributed by atoms with Gasteiger partial charge in [0.15, 0.2) is 0 Å². The molecule has 2 N–H and O–H groups in total. The molecule has 1 aliphatic heterocycles. The molecule has 2 aromatic rings. The smallest absolute Gasteiger partial charge is 0.261 e. The van der Waals surface area contributed by atoms with Gasteiger partial charge in [-0.25, -0.2) is 4.39 Å². The van der Waals surface area contributed by atoms with E-state index >= 15 is 0 Å². The maximum atomic E-state index is 13.7. The van der Waals surface area contributed by atoms with Crippen LogP contribution in [0.3, 0.4) is 0 Å². The van der Waals surface area contributed by atoms with E-state index in [0.717, 1.165) is 5.56 Å². The van der Waals surface area contributed by atoms with Gasteiger partial charge in [0.1, 0.15) is 5.82 Å². The summed E-state index contributed by atoms with van der Waals surface area (Å²) in [5.74, 6) is -0.648. The zero-order chi connectivity index (χ0) is 12.7. The largest absolute Gasteiger partial charge is 0.398 e. The van der Waals surface area contributed by atoms with Crippen LogP contribution in [0.2, 0.25) is 0 Å². The van der Waals surface area contributed by atoms with Crippen LogP contribution in [0.4, 0.5) is 15.8 Å². The van der Waals surface area contributed by atoms with Gasteiger partial charge < -0.3 is 10.6 Å². The highest BCUT2D eigenvalue weighted by Crippen LogP contribution is 2.32. The van der Waals surface area contributed by atoms with Gasteiger partial charge in [-0.05, 0) is 23.8 Å². The third kappa shape index (κ3) is 1.46. The Hall–Kier alpha value is -2.36. The number of carbonyl (C=O) groups excluding carboxylic acids is 1. The molecule has 90 valence electrons. The van der Waals surface area contributed by atoms with E-state index in [4.69, 9.17) is 5.73 Å². The Kier molecular flexibility index (Phi) is 2.30. The predicted molar refractivity (Wildman–Crippen MR) is 67.8 cm³/mol. The van der Waals surface area contributed by atoms with Crippen molar-refractivity contribution in [1.82, 2.24) is 0 Å². The van der Waals surface area contributed by atoms with Crippen LogP contribution in [0.15, 0.2) is 42.5 Å². The van der Waals surface area contributed by atoms with E-state index < -0.39 is 5.82 Å². The highest BCUT2D eigenvalue weighted by Gasteiger charge is 2.31. The standard InChI is InChI=1S/C14H11FN2O/c15-10-5-1-2-7-12(10)17-8-9-4-3-6-11(16)13(9)14(17)18/h1-7H,8,16H2. The number of nitrogens with two attached hydrogens (primary N) is 1. The van der Waals surface area contributed by atoms with Gasteiger partial charge in [0, 0.05) is 5.69 Å². The summed E-state index contributed by atoms with van der Waals surface area (Å²) < 4.78 is 13.7. The molecule has 0 atom stereocenters. The van der Waals surface area contributed by atoms with Gasteiger partial charge in [-0.2, -0.15) is 0 Å².